The molecule has 1 heterocycles. The van der Waals surface area contributed by atoms with E-state index in [2.05, 4.69) is 9.72 Å². The molecule has 68 valence electrons. The number of nitrogens with zero attached hydrogens (tertiary/aromatic N) is 1. The summed E-state index contributed by atoms with van der Waals surface area (Å²) in [5.41, 5.74) is 0.528. The van der Waals surface area contributed by atoms with Crippen LogP contribution < -0.4 is 0 Å². The van der Waals surface area contributed by atoms with Gasteiger partial charge in [-0.3, -0.25) is 4.98 Å². The third-order valence-electron chi connectivity index (χ3n) is 1.43. The molecular formula is C9H9NO3. The van der Waals surface area contributed by atoms with Gasteiger partial charge < -0.3 is 9.84 Å². The summed E-state index contributed by atoms with van der Waals surface area (Å²) in [5.74, 6) is -0.719. The van der Waals surface area contributed by atoms with E-state index >= 15 is 0 Å². The zero-order chi connectivity index (χ0) is 9.68. The van der Waals surface area contributed by atoms with E-state index in [1.54, 1.807) is 12.1 Å². The van der Waals surface area contributed by atoms with E-state index in [0.717, 1.165) is 6.08 Å². The highest BCUT2D eigenvalue weighted by molar-refractivity contribution is 5.89. The first-order chi connectivity index (χ1) is 6.24. The average molecular weight is 179 g/mol. The monoisotopic (exact) mass is 179 g/mol. The predicted molar refractivity (Wildman–Crippen MR) is 46.9 cm³/mol. The molecular weight excluding hydrogens is 170 g/mol. The fourth-order valence-electron chi connectivity index (χ4n) is 0.777. The first-order valence-electron chi connectivity index (χ1n) is 3.63. The maximum atomic E-state index is 10.7. The summed E-state index contributed by atoms with van der Waals surface area (Å²) in [6.45, 7) is 0. The number of aromatic nitrogens is 1. The van der Waals surface area contributed by atoms with E-state index in [-0.39, 0.29) is 5.76 Å². The molecule has 0 aliphatic carbocycles. The van der Waals surface area contributed by atoms with Gasteiger partial charge in [-0.05, 0) is 12.1 Å². The van der Waals surface area contributed by atoms with Crippen molar-refractivity contribution < 1.29 is 14.6 Å². The highest BCUT2D eigenvalue weighted by Crippen LogP contribution is 2.08. The Labute approximate surface area is 75.5 Å². The topological polar surface area (TPSA) is 59.4 Å². The number of carbonyl (C=O) groups is 1. The number of carbonyl (C=O) groups excluding carboxylic acids is 1. The summed E-state index contributed by atoms with van der Waals surface area (Å²) in [4.78, 5) is 14.5. The lowest BCUT2D eigenvalue weighted by molar-refractivity contribution is -0.134. The lowest BCUT2D eigenvalue weighted by Gasteiger charge is -1.97. The smallest absolute Gasteiger partial charge is 0.334 e. The molecule has 1 aromatic heterocycles. The van der Waals surface area contributed by atoms with Gasteiger partial charge in [0.1, 0.15) is 5.76 Å². The third kappa shape index (κ3) is 2.59. The fraction of sp³-hybridized carbons (Fsp3) is 0.111. The fourth-order valence-corrected chi connectivity index (χ4v) is 0.777. The number of pyridine rings is 1. The minimum absolute atomic E-state index is 0.130. The molecule has 0 saturated heterocycles. The average Bonchev–Trinajstić information content (AvgIpc) is 2.19. The first kappa shape index (κ1) is 9.25. The van der Waals surface area contributed by atoms with Crippen molar-refractivity contribution in [3.63, 3.8) is 0 Å². The Bertz CT molecular complexity index is 319. The van der Waals surface area contributed by atoms with E-state index in [9.17, 15) is 9.90 Å². The largest absolute Gasteiger partial charge is 0.507 e. The number of ether oxygens (including phenoxy) is 1. The van der Waals surface area contributed by atoms with Crippen LogP contribution in [0.3, 0.4) is 0 Å². The molecule has 0 radical (unpaired) electrons. The number of hydrogen-bond acceptors (Lipinski definition) is 4. The minimum atomic E-state index is -0.589. The molecule has 0 amide bonds. The second-order valence-corrected chi connectivity index (χ2v) is 2.29. The van der Waals surface area contributed by atoms with Crippen molar-refractivity contribution in [1.82, 2.24) is 4.98 Å². The number of aliphatic hydroxyl groups is 1. The van der Waals surface area contributed by atoms with Crippen LogP contribution in [-0.2, 0) is 9.53 Å². The molecule has 0 aliphatic heterocycles. The summed E-state index contributed by atoms with van der Waals surface area (Å²) >= 11 is 0. The van der Waals surface area contributed by atoms with Crippen LogP contribution in [0.4, 0.5) is 0 Å². The SMILES string of the molecule is COC(=O)C=C(O)c1ccncc1. The van der Waals surface area contributed by atoms with Gasteiger partial charge in [-0.25, -0.2) is 4.79 Å². The van der Waals surface area contributed by atoms with Gasteiger partial charge in [-0.2, -0.15) is 0 Å². The standard InChI is InChI=1S/C9H9NO3/c1-13-9(12)6-8(11)7-2-4-10-5-3-7/h2-6,11H,1H3. The molecule has 0 fully saturated rings. The summed E-state index contributed by atoms with van der Waals surface area (Å²) < 4.78 is 4.35. The van der Waals surface area contributed by atoms with Crippen LogP contribution in [0.15, 0.2) is 30.6 Å². The van der Waals surface area contributed by atoms with E-state index in [0.29, 0.717) is 5.56 Å². The van der Waals surface area contributed by atoms with E-state index in [1.807, 2.05) is 0 Å². The van der Waals surface area contributed by atoms with Crippen molar-refractivity contribution in [2.75, 3.05) is 7.11 Å². The molecule has 0 spiro atoms. The number of esters is 1. The first-order valence-corrected chi connectivity index (χ1v) is 3.63. The highest BCUT2D eigenvalue weighted by Gasteiger charge is 2.01. The lowest BCUT2D eigenvalue weighted by atomic mass is 10.2. The molecule has 0 aliphatic rings. The van der Waals surface area contributed by atoms with Crippen molar-refractivity contribution in [3.05, 3.63) is 36.2 Å². The highest BCUT2D eigenvalue weighted by atomic mass is 16.5. The van der Waals surface area contributed by atoms with Gasteiger partial charge in [-0.1, -0.05) is 0 Å². The van der Waals surface area contributed by atoms with Crippen LogP contribution in [0.5, 0.6) is 0 Å². The van der Waals surface area contributed by atoms with Crippen LogP contribution in [0.1, 0.15) is 5.56 Å². The third-order valence-corrected chi connectivity index (χ3v) is 1.43. The Morgan fingerprint density at radius 1 is 1.54 bits per heavy atom. The number of aliphatic hydroxyl groups excluding tert-OH is 1. The molecule has 0 unspecified atom stereocenters. The van der Waals surface area contributed by atoms with Crippen LogP contribution in [0, 0.1) is 0 Å². The number of rotatable bonds is 2. The zero-order valence-corrected chi connectivity index (χ0v) is 7.10. The molecule has 1 aromatic rings. The van der Waals surface area contributed by atoms with Crippen molar-refractivity contribution >= 4 is 11.7 Å². The molecule has 0 aromatic carbocycles. The molecule has 4 heteroatoms. The van der Waals surface area contributed by atoms with Crippen LogP contribution in [0.2, 0.25) is 0 Å². The van der Waals surface area contributed by atoms with Crippen LogP contribution in [-0.4, -0.2) is 23.2 Å². The summed E-state index contributed by atoms with van der Waals surface area (Å²) in [7, 11) is 1.25. The van der Waals surface area contributed by atoms with Crippen LogP contribution in [0.25, 0.3) is 5.76 Å². The summed E-state index contributed by atoms with van der Waals surface area (Å²) in [6, 6.07) is 3.18. The molecule has 1 rings (SSSR count). The second-order valence-electron chi connectivity index (χ2n) is 2.29. The normalized spacial score (nSPS) is 11.0. The van der Waals surface area contributed by atoms with Gasteiger partial charge in [0, 0.05) is 18.0 Å². The number of methoxy groups -OCH3 is 1. The Hall–Kier alpha value is -1.84. The summed E-state index contributed by atoms with van der Waals surface area (Å²) in [6.07, 6.45) is 4.06. The zero-order valence-electron chi connectivity index (χ0n) is 7.10. The van der Waals surface area contributed by atoms with Gasteiger partial charge in [0.15, 0.2) is 0 Å². The summed E-state index contributed by atoms with van der Waals surface area (Å²) in [5, 5.41) is 9.35. The van der Waals surface area contributed by atoms with Crippen LogP contribution >= 0.6 is 0 Å². The van der Waals surface area contributed by atoms with E-state index in [1.165, 1.54) is 19.5 Å². The van der Waals surface area contributed by atoms with Gasteiger partial charge in [0.05, 0.1) is 13.2 Å². The Morgan fingerprint density at radius 3 is 2.69 bits per heavy atom. The minimum Gasteiger partial charge on any atom is -0.507 e. The van der Waals surface area contributed by atoms with Gasteiger partial charge in [0.25, 0.3) is 0 Å². The van der Waals surface area contributed by atoms with E-state index < -0.39 is 5.97 Å². The molecule has 13 heavy (non-hydrogen) atoms. The molecule has 4 nitrogen and oxygen atoms in total. The Kier molecular flexibility index (Phi) is 3.03. The second kappa shape index (κ2) is 4.25. The maximum absolute atomic E-state index is 10.7. The predicted octanol–water partition coefficient (Wildman–Crippen LogP) is 1.15. The maximum Gasteiger partial charge on any atom is 0.334 e. The van der Waals surface area contributed by atoms with Crippen molar-refractivity contribution in [3.8, 4) is 0 Å². The van der Waals surface area contributed by atoms with Gasteiger partial charge >= 0.3 is 5.97 Å². The van der Waals surface area contributed by atoms with Gasteiger partial charge in [0.2, 0.25) is 0 Å². The Balaban J connectivity index is 2.85. The Morgan fingerprint density at radius 2 is 2.15 bits per heavy atom. The van der Waals surface area contributed by atoms with E-state index in [4.69, 9.17) is 0 Å². The molecule has 0 bridgehead atoms. The van der Waals surface area contributed by atoms with Crippen molar-refractivity contribution in [2.24, 2.45) is 0 Å². The quantitative estimate of drug-likeness (QED) is 0.420. The lowest BCUT2D eigenvalue weighted by Crippen LogP contribution is -1.96. The molecule has 1 N–H and O–H groups in total. The number of hydrogen-bond donors (Lipinski definition) is 1. The van der Waals surface area contributed by atoms with Gasteiger partial charge in [-0.15, -0.1) is 0 Å². The van der Waals surface area contributed by atoms with Crippen molar-refractivity contribution in [2.45, 2.75) is 0 Å². The molecule has 0 saturated carbocycles. The molecule has 0 atom stereocenters. The van der Waals surface area contributed by atoms with Crippen molar-refractivity contribution in [1.29, 1.82) is 0 Å².